The number of nitrogens with zero attached hydrogens (tertiary/aromatic N) is 2. The number of piperidine rings is 1. The number of H-pyrrole nitrogens is 1. The molecule has 1 aliphatic heterocycles. The number of methoxy groups -OCH3 is 1. The highest BCUT2D eigenvalue weighted by atomic mass is 32.1. The number of rotatable bonds is 7. The number of hydrogen-bond acceptors (Lipinski definition) is 6. The average molecular weight is 493 g/mol. The minimum Gasteiger partial charge on any atom is -0.497 e. The molecule has 2 aliphatic rings. The summed E-state index contributed by atoms with van der Waals surface area (Å²) >= 11 is 1.40. The lowest BCUT2D eigenvalue weighted by Crippen LogP contribution is -2.44. The topological polar surface area (TPSA) is 87.3 Å². The van der Waals surface area contributed by atoms with Crippen LogP contribution in [0, 0.1) is 5.92 Å². The minimum atomic E-state index is -0.142. The fraction of sp³-hybridized carbons (Fsp3) is 0.444. The highest BCUT2D eigenvalue weighted by Gasteiger charge is 2.27. The second kappa shape index (κ2) is 10.6. The molecule has 2 aromatic heterocycles. The van der Waals surface area contributed by atoms with Crippen LogP contribution in [-0.4, -0.2) is 42.6 Å². The minimum absolute atomic E-state index is 0.0992. The van der Waals surface area contributed by atoms with Crippen molar-refractivity contribution < 1.29 is 9.53 Å². The summed E-state index contributed by atoms with van der Waals surface area (Å²) in [4.78, 5) is 35.7. The molecule has 0 saturated carbocycles. The first-order valence-electron chi connectivity index (χ1n) is 12.5. The third-order valence-corrected chi connectivity index (χ3v) is 7.98. The number of nitrogens with one attached hydrogen (secondary N) is 2. The van der Waals surface area contributed by atoms with E-state index in [2.05, 4.69) is 16.4 Å². The van der Waals surface area contributed by atoms with Crippen LogP contribution in [0.15, 0.2) is 46.1 Å². The number of thiophene rings is 1. The molecule has 7 nitrogen and oxygen atoms in total. The molecule has 5 rings (SSSR count). The Hall–Kier alpha value is -3.13. The molecule has 1 atom stereocenters. The van der Waals surface area contributed by atoms with Gasteiger partial charge in [0.1, 0.15) is 10.4 Å². The van der Waals surface area contributed by atoms with Crippen molar-refractivity contribution in [3.8, 4) is 16.9 Å². The molecule has 1 saturated heterocycles. The van der Waals surface area contributed by atoms with Crippen LogP contribution in [-0.2, 0) is 4.79 Å². The van der Waals surface area contributed by atoms with E-state index < -0.39 is 0 Å². The van der Waals surface area contributed by atoms with E-state index in [4.69, 9.17) is 9.72 Å². The van der Waals surface area contributed by atoms with Gasteiger partial charge in [-0.25, -0.2) is 4.98 Å². The molecule has 2 N–H and O–H groups in total. The Labute approximate surface area is 209 Å². The van der Waals surface area contributed by atoms with Crippen molar-refractivity contribution in [2.24, 2.45) is 5.92 Å². The molecule has 1 aliphatic carbocycles. The predicted molar refractivity (Wildman–Crippen MR) is 141 cm³/mol. The monoisotopic (exact) mass is 492 g/mol. The number of allylic oxidation sites excluding steroid dienone is 1. The number of fused-ring (bicyclic) bond motifs is 1. The summed E-state index contributed by atoms with van der Waals surface area (Å²) in [7, 11) is 1.64. The Bertz CT molecular complexity index is 1300. The predicted octanol–water partition coefficient (Wildman–Crippen LogP) is 4.88. The van der Waals surface area contributed by atoms with E-state index in [-0.39, 0.29) is 17.4 Å². The van der Waals surface area contributed by atoms with Gasteiger partial charge in [-0.3, -0.25) is 14.6 Å². The van der Waals surface area contributed by atoms with Crippen LogP contribution in [0.5, 0.6) is 5.75 Å². The number of ether oxygens (including phenoxy) is 1. The van der Waals surface area contributed by atoms with Crippen LogP contribution in [0.4, 0.5) is 5.95 Å². The fourth-order valence-corrected chi connectivity index (χ4v) is 5.98. The number of aromatic amines is 1. The third-order valence-electron chi connectivity index (χ3n) is 7.02. The molecule has 0 bridgehead atoms. The summed E-state index contributed by atoms with van der Waals surface area (Å²) in [6.07, 6.45) is 9.88. The third kappa shape index (κ3) is 5.27. The van der Waals surface area contributed by atoms with Gasteiger partial charge in [0, 0.05) is 30.6 Å². The quantitative estimate of drug-likeness (QED) is 0.459. The molecular weight excluding hydrogens is 460 g/mol. The summed E-state index contributed by atoms with van der Waals surface area (Å²) in [5.41, 5.74) is 3.90. The van der Waals surface area contributed by atoms with Gasteiger partial charge in [-0.15, -0.1) is 11.3 Å². The highest BCUT2D eigenvalue weighted by Crippen LogP contribution is 2.33. The molecule has 8 heteroatoms. The van der Waals surface area contributed by atoms with Gasteiger partial charge in [0.05, 0.1) is 18.5 Å². The first-order chi connectivity index (χ1) is 17.1. The normalized spacial score (nSPS) is 18.4. The summed E-state index contributed by atoms with van der Waals surface area (Å²) in [5.74, 6) is 1.29. The molecule has 3 heterocycles. The van der Waals surface area contributed by atoms with Crippen molar-refractivity contribution in [3.05, 3.63) is 51.6 Å². The Morgan fingerprint density at radius 2 is 2.23 bits per heavy atom. The van der Waals surface area contributed by atoms with E-state index in [9.17, 15) is 9.59 Å². The van der Waals surface area contributed by atoms with Crippen LogP contribution in [0.3, 0.4) is 0 Å². The Kier molecular flexibility index (Phi) is 7.18. The van der Waals surface area contributed by atoms with Crippen molar-refractivity contribution in [1.82, 2.24) is 15.3 Å². The SMILES string of the molecule is COc1cccc(-c2csc3c(=O)[nH]c(N4CCC[C@@H](C(=O)NCCC5=CCCCC5)C4)nc23)c1. The van der Waals surface area contributed by atoms with Gasteiger partial charge in [0.25, 0.3) is 5.56 Å². The lowest BCUT2D eigenvalue weighted by molar-refractivity contribution is -0.125. The van der Waals surface area contributed by atoms with Gasteiger partial charge in [0.2, 0.25) is 11.9 Å². The van der Waals surface area contributed by atoms with Crippen LogP contribution in [0.2, 0.25) is 0 Å². The molecule has 0 spiro atoms. The van der Waals surface area contributed by atoms with Gasteiger partial charge in [-0.05, 0) is 62.6 Å². The first-order valence-corrected chi connectivity index (χ1v) is 13.4. The molecule has 0 unspecified atom stereocenters. The lowest BCUT2D eigenvalue weighted by Gasteiger charge is -2.32. The van der Waals surface area contributed by atoms with Gasteiger partial charge >= 0.3 is 0 Å². The molecule has 0 radical (unpaired) electrons. The number of carbonyl (C=O) groups excluding carboxylic acids is 1. The van der Waals surface area contributed by atoms with Crippen LogP contribution in [0.1, 0.15) is 44.9 Å². The standard InChI is InChI=1S/C27H32N4O3S/c1-34-21-11-5-9-19(15-21)22-17-35-24-23(22)29-27(30-26(24)33)31-14-6-10-20(16-31)25(32)28-13-12-18-7-3-2-4-8-18/h5,7,9,11,15,17,20H,2-4,6,8,10,12-14,16H2,1H3,(H,28,32)(H,29,30,33)/t20-/m1/s1. The Morgan fingerprint density at radius 1 is 1.31 bits per heavy atom. The number of carbonyl (C=O) groups is 1. The van der Waals surface area contributed by atoms with Gasteiger partial charge < -0.3 is 15.0 Å². The molecule has 1 amide bonds. The van der Waals surface area contributed by atoms with Crippen molar-refractivity contribution in [3.63, 3.8) is 0 Å². The van der Waals surface area contributed by atoms with Crippen LogP contribution >= 0.6 is 11.3 Å². The van der Waals surface area contributed by atoms with Crippen molar-refractivity contribution >= 4 is 33.4 Å². The number of hydrogen-bond donors (Lipinski definition) is 2. The Balaban J connectivity index is 1.31. The zero-order chi connectivity index (χ0) is 24.2. The van der Waals surface area contributed by atoms with E-state index >= 15 is 0 Å². The zero-order valence-electron chi connectivity index (χ0n) is 20.1. The summed E-state index contributed by atoms with van der Waals surface area (Å²) in [6.45, 7) is 2.02. The van der Waals surface area contributed by atoms with Crippen LogP contribution in [0.25, 0.3) is 21.3 Å². The largest absolute Gasteiger partial charge is 0.497 e. The maximum absolute atomic E-state index is 12.9. The van der Waals surface area contributed by atoms with E-state index in [1.54, 1.807) is 7.11 Å². The number of amides is 1. The van der Waals surface area contributed by atoms with E-state index in [1.165, 1.54) is 36.2 Å². The maximum atomic E-state index is 12.9. The van der Waals surface area contributed by atoms with Crippen LogP contribution < -0.4 is 20.5 Å². The summed E-state index contributed by atoms with van der Waals surface area (Å²) in [6, 6.07) is 7.78. The highest BCUT2D eigenvalue weighted by molar-refractivity contribution is 7.17. The smallest absolute Gasteiger partial charge is 0.270 e. The Morgan fingerprint density at radius 3 is 3.06 bits per heavy atom. The number of aromatic nitrogens is 2. The van der Waals surface area contributed by atoms with Crippen molar-refractivity contribution in [2.75, 3.05) is 31.6 Å². The van der Waals surface area contributed by atoms with Crippen molar-refractivity contribution in [2.45, 2.75) is 44.9 Å². The summed E-state index contributed by atoms with van der Waals surface area (Å²) in [5, 5.41) is 5.11. The maximum Gasteiger partial charge on any atom is 0.270 e. The molecule has 184 valence electrons. The molecule has 35 heavy (non-hydrogen) atoms. The zero-order valence-corrected chi connectivity index (χ0v) is 21.0. The summed E-state index contributed by atoms with van der Waals surface area (Å²) < 4.78 is 5.98. The number of anilines is 1. The van der Waals surface area contributed by atoms with Gasteiger partial charge in [-0.1, -0.05) is 23.8 Å². The van der Waals surface area contributed by atoms with E-state index in [1.807, 2.05) is 34.5 Å². The average Bonchev–Trinajstić information content (AvgIpc) is 3.34. The van der Waals surface area contributed by atoms with Gasteiger partial charge in [-0.2, -0.15) is 0 Å². The van der Waals surface area contributed by atoms with E-state index in [0.717, 1.165) is 49.1 Å². The van der Waals surface area contributed by atoms with E-state index in [0.29, 0.717) is 29.3 Å². The van der Waals surface area contributed by atoms with Crippen molar-refractivity contribution in [1.29, 1.82) is 0 Å². The molecule has 3 aromatic rings. The molecule has 1 fully saturated rings. The second-order valence-electron chi connectivity index (χ2n) is 9.38. The first kappa shape index (κ1) is 23.6. The second-order valence-corrected chi connectivity index (χ2v) is 10.3. The fourth-order valence-electron chi connectivity index (χ4n) is 5.07. The van der Waals surface area contributed by atoms with Gasteiger partial charge in [0.15, 0.2) is 0 Å². The number of benzene rings is 1. The molecular formula is C27H32N4O3S. The molecule has 1 aromatic carbocycles. The lowest BCUT2D eigenvalue weighted by atomic mass is 9.96.